The quantitative estimate of drug-likeness (QED) is 0.237. The molecule has 3 rings (SSSR count). The maximum absolute atomic E-state index is 13.0. The number of hydrogen-bond donors (Lipinski definition) is 0. The second-order valence-corrected chi connectivity index (χ2v) is 10.3. The summed E-state index contributed by atoms with van der Waals surface area (Å²) in [4.78, 5) is 0. The molecule has 0 nitrogen and oxygen atoms in total. The second kappa shape index (κ2) is 13.3. The molecule has 1 saturated carbocycles. The van der Waals surface area contributed by atoms with Gasteiger partial charge >= 0.3 is 0 Å². The van der Waals surface area contributed by atoms with Crippen molar-refractivity contribution < 1.29 is 4.39 Å². The lowest BCUT2D eigenvalue weighted by Gasteiger charge is -2.30. The molecule has 1 fully saturated rings. The highest BCUT2D eigenvalue weighted by molar-refractivity contribution is 5.18. The molecule has 1 aromatic carbocycles. The molecular weight excluding hydrogens is 367 g/mol. The molecule has 1 aromatic rings. The van der Waals surface area contributed by atoms with E-state index in [2.05, 4.69) is 13.0 Å². The van der Waals surface area contributed by atoms with Crippen molar-refractivity contribution >= 4 is 0 Å². The Morgan fingerprint density at radius 2 is 1.40 bits per heavy atom. The molecule has 0 aromatic heterocycles. The van der Waals surface area contributed by atoms with E-state index >= 15 is 0 Å². The molecule has 0 amide bonds. The van der Waals surface area contributed by atoms with Crippen molar-refractivity contribution in [1.29, 1.82) is 0 Å². The van der Waals surface area contributed by atoms with Crippen molar-refractivity contribution in [2.24, 2.45) is 17.8 Å². The number of hydrogen-bond acceptors (Lipinski definition) is 0. The summed E-state index contributed by atoms with van der Waals surface area (Å²) in [6.07, 6.45) is 26.4. The van der Waals surface area contributed by atoms with E-state index in [1.807, 2.05) is 12.1 Å². The van der Waals surface area contributed by atoms with E-state index in [0.717, 1.165) is 30.6 Å². The molecule has 30 heavy (non-hydrogen) atoms. The summed E-state index contributed by atoms with van der Waals surface area (Å²) >= 11 is 0. The third kappa shape index (κ3) is 8.56. The van der Waals surface area contributed by atoms with Gasteiger partial charge in [-0.15, -0.1) is 0 Å². The fourth-order valence-electron chi connectivity index (χ4n) is 5.70. The van der Waals surface area contributed by atoms with Crippen LogP contribution in [0.15, 0.2) is 35.9 Å². The molecule has 2 aliphatic rings. The van der Waals surface area contributed by atoms with E-state index in [1.165, 1.54) is 102 Å². The highest BCUT2D eigenvalue weighted by atomic mass is 19.1. The monoisotopic (exact) mass is 412 g/mol. The molecule has 1 heteroatoms. The third-order valence-corrected chi connectivity index (χ3v) is 7.93. The Morgan fingerprint density at radius 3 is 2.07 bits per heavy atom. The van der Waals surface area contributed by atoms with Crippen LogP contribution in [0.25, 0.3) is 0 Å². The number of benzene rings is 1. The predicted molar refractivity (Wildman–Crippen MR) is 128 cm³/mol. The lowest BCUT2D eigenvalue weighted by molar-refractivity contribution is 0.234. The molecule has 0 N–H and O–H groups in total. The normalized spacial score (nSPS) is 24.6. The van der Waals surface area contributed by atoms with E-state index in [9.17, 15) is 4.39 Å². The number of allylic oxidation sites excluding steroid dienone is 2. The van der Waals surface area contributed by atoms with Gasteiger partial charge in [0.15, 0.2) is 0 Å². The van der Waals surface area contributed by atoms with Crippen LogP contribution < -0.4 is 0 Å². The first kappa shape index (κ1) is 23.6. The van der Waals surface area contributed by atoms with Gasteiger partial charge in [-0.25, -0.2) is 4.39 Å². The molecule has 0 radical (unpaired) electrons. The van der Waals surface area contributed by atoms with Crippen LogP contribution in [0, 0.1) is 23.6 Å². The van der Waals surface area contributed by atoms with Crippen LogP contribution in [0.2, 0.25) is 0 Å². The SMILES string of the molecule is CCCCCCC[C@H]1CC[C@H](CCC2CC=C(CCc3ccc(F)cc3)CC2)CC1. The standard InChI is InChI=1S/C29H45F/c1-2-3-4-5-6-7-24-8-10-25(11-9-24)12-13-26-14-16-27(17-15-26)18-19-28-20-22-29(30)23-21-28/h16,20-26H,2-15,17-19H2,1H3/t24-,25-,26?. The number of halogens is 1. The van der Waals surface area contributed by atoms with Gasteiger partial charge in [0.25, 0.3) is 0 Å². The van der Waals surface area contributed by atoms with Gasteiger partial charge in [-0.2, -0.15) is 0 Å². The van der Waals surface area contributed by atoms with Gasteiger partial charge in [0, 0.05) is 0 Å². The smallest absolute Gasteiger partial charge is 0.123 e. The Hall–Kier alpha value is -1.11. The van der Waals surface area contributed by atoms with Crippen LogP contribution in [0.5, 0.6) is 0 Å². The van der Waals surface area contributed by atoms with E-state index in [4.69, 9.17) is 0 Å². The minimum Gasteiger partial charge on any atom is -0.207 e. The Morgan fingerprint density at radius 1 is 0.733 bits per heavy atom. The van der Waals surface area contributed by atoms with E-state index < -0.39 is 0 Å². The maximum Gasteiger partial charge on any atom is 0.123 e. The van der Waals surface area contributed by atoms with Crippen molar-refractivity contribution in [3.8, 4) is 0 Å². The Labute approximate surface area is 185 Å². The maximum atomic E-state index is 13.0. The molecule has 0 saturated heterocycles. The number of unbranched alkanes of at least 4 members (excludes halogenated alkanes) is 4. The van der Waals surface area contributed by atoms with Gasteiger partial charge in [-0.3, -0.25) is 0 Å². The van der Waals surface area contributed by atoms with E-state index in [1.54, 1.807) is 17.7 Å². The number of aryl methyl sites for hydroxylation is 1. The summed E-state index contributed by atoms with van der Waals surface area (Å²) in [6.45, 7) is 2.31. The molecule has 0 aliphatic heterocycles. The van der Waals surface area contributed by atoms with Gasteiger partial charge in [0.1, 0.15) is 5.82 Å². The summed E-state index contributed by atoms with van der Waals surface area (Å²) in [5.74, 6) is 2.86. The minimum absolute atomic E-state index is 0.130. The zero-order valence-electron chi connectivity index (χ0n) is 19.5. The summed E-state index contributed by atoms with van der Waals surface area (Å²) in [5.41, 5.74) is 2.89. The van der Waals surface area contributed by atoms with Gasteiger partial charge in [-0.1, -0.05) is 101 Å². The average molecular weight is 413 g/mol. The Kier molecular flexibility index (Phi) is 10.5. The molecule has 2 aliphatic carbocycles. The molecule has 0 heterocycles. The van der Waals surface area contributed by atoms with Gasteiger partial charge in [0.2, 0.25) is 0 Å². The van der Waals surface area contributed by atoms with Crippen LogP contribution in [0.3, 0.4) is 0 Å². The summed E-state index contributed by atoms with van der Waals surface area (Å²) in [6, 6.07) is 7.04. The first-order valence-corrected chi connectivity index (χ1v) is 13.1. The largest absolute Gasteiger partial charge is 0.207 e. The zero-order chi connectivity index (χ0) is 21.0. The van der Waals surface area contributed by atoms with E-state index in [-0.39, 0.29) is 5.82 Å². The van der Waals surface area contributed by atoms with Gasteiger partial charge in [0.05, 0.1) is 0 Å². The molecular formula is C29H45F. The number of rotatable bonds is 12. The highest BCUT2D eigenvalue weighted by Gasteiger charge is 2.22. The first-order chi connectivity index (χ1) is 14.7. The fraction of sp³-hybridized carbons (Fsp3) is 0.724. The average Bonchev–Trinajstić information content (AvgIpc) is 2.79. The molecule has 0 bridgehead atoms. The minimum atomic E-state index is -0.130. The van der Waals surface area contributed by atoms with Crippen molar-refractivity contribution in [2.75, 3.05) is 0 Å². The van der Waals surface area contributed by atoms with Crippen molar-refractivity contribution in [3.63, 3.8) is 0 Å². The second-order valence-electron chi connectivity index (χ2n) is 10.3. The topological polar surface area (TPSA) is 0 Å². The van der Waals surface area contributed by atoms with Crippen LogP contribution >= 0.6 is 0 Å². The molecule has 168 valence electrons. The first-order valence-electron chi connectivity index (χ1n) is 13.1. The molecule has 1 atom stereocenters. The summed E-state index contributed by atoms with van der Waals surface area (Å²) in [5, 5.41) is 0. The van der Waals surface area contributed by atoms with Crippen molar-refractivity contribution in [1.82, 2.24) is 0 Å². The van der Waals surface area contributed by atoms with E-state index in [0.29, 0.717) is 0 Å². The van der Waals surface area contributed by atoms with Gasteiger partial charge < -0.3 is 0 Å². The fourth-order valence-corrected chi connectivity index (χ4v) is 5.70. The molecule has 0 spiro atoms. The van der Waals surface area contributed by atoms with Gasteiger partial charge in [-0.05, 0) is 74.0 Å². The Balaban J connectivity index is 1.25. The zero-order valence-corrected chi connectivity index (χ0v) is 19.5. The van der Waals surface area contributed by atoms with Crippen molar-refractivity contribution in [3.05, 3.63) is 47.3 Å². The predicted octanol–water partition coefficient (Wildman–Crippen LogP) is 9.43. The summed E-state index contributed by atoms with van der Waals surface area (Å²) in [7, 11) is 0. The van der Waals surface area contributed by atoms with Crippen LogP contribution in [-0.4, -0.2) is 0 Å². The van der Waals surface area contributed by atoms with Crippen LogP contribution in [0.1, 0.15) is 115 Å². The van der Waals surface area contributed by atoms with Crippen LogP contribution in [-0.2, 0) is 6.42 Å². The lowest BCUT2D eigenvalue weighted by atomic mass is 9.76. The van der Waals surface area contributed by atoms with Crippen molar-refractivity contribution in [2.45, 2.75) is 116 Å². The third-order valence-electron chi connectivity index (χ3n) is 7.93. The lowest BCUT2D eigenvalue weighted by Crippen LogP contribution is -2.16. The van der Waals surface area contributed by atoms with Crippen LogP contribution in [0.4, 0.5) is 4.39 Å². The Bertz CT molecular complexity index is 606. The summed E-state index contributed by atoms with van der Waals surface area (Å²) < 4.78 is 13.0. The molecule has 1 unspecified atom stereocenters. The highest BCUT2D eigenvalue weighted by Crippen LogP contribution is 2.37.